The number of halogens is 2. The first kappa shape index (κ1) is 11.1. The van der Waals surface area contributed by atoms with Gasteiger partial charge in [0.05, 0.1) is 7.11 Å². The number of phenolic OH excluding ortho intramolecular Hbond substituents is 1. The van der Waals surface area contributed by atoms with Crippen molar-refractivity contribution in [1.29, 1.82) is 0 Å². The number of rotatable bonds is 2. The molecule has 0 bridgehead atoms. The van der Waals surface area contributed by atoms with Gasteiger partial charge in [-0.25, -0.2) is 4.39 Å². The second kappa shape index (κ2) is 4.25. The molecule has 1 aliphatic rings. The number of hydrogen-bond acceptors (Lipinski definition) is 3. The van der Waals surface area contributed by atoms with Gasteiger partial charge in [-0.2, -0.15) is 4.39 Å². The van der Waals surface area contributed by atoms with Gasteiger partial charge in [-0.15, -0.1) is 0 Å². The van der Waals surface area contributed by atoms with Gasteiger partial charge in [-0.1, -0.05) is 0 Å². The van der Waals surface area contributed by atoms with Gasteiger partial charge in [0.15, 0.2) is 17.3 Å². The van der Waals surface area contributed by atoms with Crippen molar-refractivity contribution in [1.82, 2.24) is 5.32 Å². The lowest BCUT2D eigenvalue weighted by molar-refractivity contribution is 0.344. The minimum Gasteiger partial charge on any atom is -0.503 e. The van der Waals surface area contributed by atoms with Crippen LogP contribution in [-0.4, -0.2) is 25.3 Å². The molecule has 0 aliphatic carbocycles. The Morgan fingerprint density at radius 1 is 1.50 bits per heavy atom. The van der Waals surface area contributed by atoms with Gasteiger partial charge in [0.25, 0.3) is 0 Å². The third kappa shape index (κ3) is 1.71. The molecule has 2 rings (SSSR count). The summed E-state index contributed by atoms with van der Waals surface area (Å²) in [5, 5.41) is 12.3. The summed E-state index contributed by atoms with van der Waals surface area (Å²) >= 11 is 0. The van der Waals surface area contributed by atoms with Crippen LogP contribution in [-0.2, 0) is 0 Å². The fraction of sp³-hybridized carbons (Fsp3) is 0.455. The van der Waals surface area contributed by atoms with Crippen molar-refractivity contribution >= 4 is 0 Å². The van der Waals surface area contributed by atoms with E-state index < -0.39 is 17.4 Å². The van der Waals surface area contributed by atoms with E-state index in [1.807, 2.05) is 0 Å². The molecule has 1 aliphatic heterocycles. The molecule has 0 amide bonds. The molecule has 1 saturated heterocycles. The molecular formula is C11H13F2NO2. The first-order valence-corrected chi connectivity index (χ1v) is 5.10. The van der Waals surface area contributed by atoms with Crippen molar-refractivity contribution in [3.63, 3.8) is 0 Å². The van der Waals surface area contributed by atoms with Crippen LogP contribution < -0.4 is 10.1 Å². The lowest BCUT2D eigenvalue weighted by Crippen LogP contribution is -2.09. The van der Waals surface area contributed by atoms with Crippen molar-refractivity contribution in [2.45, 2.75) is 12.3 Å². The van der Waals surface area contributed by atoms with Crippen LogP contribution in [0, 0.1) is 11.6 Å². The third-order valence-corrected chi connectivity index (χ3v) is 2.88. The molecular weight excluding hydrogens is 216 g/mol. The van der Waals surface area contributed by atoms with E-state index >= 15 is 0 Å². The highest BCUT2D eigenvalue weighted by Crippen LogP contribution is 2.38. The number of phenols is 1. The standard InChI is InChI=1S/C11H13F2NO2/c1-16-11-7(6-2-3-14-5-6)4-8(12)10(15)9(11)13/h4,6,14-15H,2-3,5H2,1H3. The molecule has 2 N–H and O–H groups in total. The second-order valence-corrected chi connectivity index (χ2v) is 3.83. The lowest BCUT2D eigenvalue weighted by Gasteiger charge is -2.15. The van der Waals surface area contributed by atoms with E-state index in [1.54, 1.807) is 0 Å². The molecule has 1 aromatic carbocycles. The normalized spacial score (nSPS) is 20.1. The summed E-state index contributed by atoms with van der Waals surface area (Å²) in [6.07, 6.45) is 0.806. The van der Waals surface area contributed by atoms with Gasteiger partial charge in [0.1, 0.15) is 0 Å². The van der Waals surface area contributed by atoms with Gasteiger partial charge in [0, 0.05) is 18.0 Å². The van der Waals surface area contributed by atoms with Crippen molar-refractivity contribution in [3.8, 4) is 11.5 Å². The fourth-order valence-corrected chi connectivity index (χ4v) is 2.04. The number of methoxy groups -OCH3 is 1. The van der Waals surface area contributed by atoms with Crippen LogP contribution in [0.25, 0.3) is 0 Å². The molecule has 1 unspecified atom stereocenters. The minimum atomic E-state index is -1.02. The molecule has 0 spiro atoms. The Kier molecular flexibility index (Phi) is 2.96. The summed E-state index contributed by atoms with van der Waals surface area (Å²) in [5.74, 6) is -2.98. The van der Waals surface area contributed by atoms with Gasteiger partial charge in [-0.3, -0.25) is 0 Å². The zero-order chi connectivity index (χ0) is 11.7. The average Bonchev–Trinajstić information content (AvgIpc) is 2.79. The second-order valence-electron chi connectivity index (χ2n) is 3.83. The van der Waals surface area contributed by atoms with Crippen molar-refractivity contribution in [3.05, 3.63) is 23.3 Å². The number of aromatic hydroxyl groups is 1. The van der Waals surface area contributed by atoms with Crippen molar-refractivity contribution in [2.75, 3.05) is 20.2 Å². The number of ether oxygens (including phenoxy) is 1. The fourth-order valence-electron chi connectivity index (χ4n) is 2.04. The first-order valence-electron chi connectivity index (χ1n) is 5.10. The Labute approximate surface area is 92.0 Å². The molecule has 1 fully saturated rings. The molecule has 0 aromatic heterocycles. The molecule has 3 nitrogen and oxygen atoms in total. The topological polar surface area (TPSA) is 41.5 Å². The van der Waals surface area contributed by atoms with Gasteiger partial charge in [-0.05, 0) is 19.0 Å². The molecule has 88 valence electrons. The smallest absolute Gasteiger partial charge is 0.209 e. The molecule has 1 atom stereocenters. The van der Waals surface area contributed by atoms with Crippen LogP contribution in [0.4, 0.5) is 8.78 Å². The summed E-state index contributed by atoms with van der Waals surface area (Å²) < 4.78 is 31.7. The van der Waals surface area contributed by atoms with Crippen LogP contribution in [0.2, 0.25) is 0 Å². The van der Waals surface area contributed by atoms with Gasteiger partial charge < -0.3 is 15.2 Å². The van der Waals surface area contributed by atoms with Crippen LogP contribution >= 0.6 is 0 Å². The summed E-state index contributed by atoms with van der Waals surface area (Å²) in [4.78, 5) is 0. The van der Waals surface area contributed by atoms with Crippen LogP contribution in [0.15, 0.2) is 6.07 Å². The largest absolute Gasteiger partial charge is 0.503 e. The Morgan fingerprint density at radius 2 is 2.25 bits per heavy atom. The Balaban J connectivity index is 2.50. The van der Waals surface area contributed by atoms with Crippen LogP contribution in [0.1, 0.15) is 17.9 Å². The van der Waals surface area contributed by atoms with E-state index in [-0.39, 0.29) is 11.7 Å². The monoisotopic (exact) mass is 229 g/mol. The predicted molar refractivity (Wildman–Crippen MR) is 54.8 cm³/mol. The van der Waals surface area contributed by atoms with E-state index in [1.165, 1.54) is 7.11 Å². The van der Waals surface area contributed by atoms with E-state index in [0.29, 0.717) is 12.1 Å². The Morgan fingerprint density at radius 3 is 2.81 bits per heavy atom. The summed E-state index contributed by atoms with van der Waals surface area (Å²) in [7, 11) is 1.31. The zero-order valence-corrected chi connectivity index (χ0v) is 8.89. The van der Waals surface area contributed by atoms with Crippen molar-refractivity contribution in [2.24, 2.45) is 0 Å². The van der Waals surface area contributed by atoms with Gasteiger partial charge in [0.2, 0.25) is 5.82 Å². The Hall–Kier alpha value is -1.36. The number of hydrogen-bond donors (Lipinski definition) is 2. The molecule has 16 heavy (non-hydrogen) atoms. The molecule has 0 radical (unpaired) electrons. The highest BCUT2D eigenvalue weighted by atomic mass is 19.1. The highest BCUT2D eigenvalue weighted by molar-refractivity contribution is 5.45. The number of benzene rings is 1. The maximum absolute atomic E-state index is 13.5. The summed E-state index contributed by atoms with van der Waals surface area (Å²) in [6, 6.07) is 1.15. The van der Waals surface area contributed by atoms with E-state index in [4.69, 9.17) is 9.84 Å². The highest BCUT2D eigenvalue weighted by Gasteiger charge is 2.26. The average molecular weight is 229 g/mol. The van der Waals surface area contributed by atoms with E-state index in [2.05, 4.69) is 5.32 Å². The molecule has 1 aromatic rings. The van der Waals surface area contributed by atoms with Crippen LogP contribution in [0.3, 0.4) is 0 Å². The molecule has 5 heteroatoms. The quantitative estimate of drug-likeness (QED) is 0.811. The van der Waals surface area contributed by atoms with E-state index in [0.717, 1.165) is 19.0 Å². The predicted octanol–water partition coefficient (Wildman–Crippen LogP) is 1.76. The lowest BCUT2D eigenvalue weighted by atomic mass is 9.96. The minimum absolute atomic E-state index is 0.0274. The first-order chi connectivity index (χ1) is 7.65. The number of nitrogens with one attached hydrogen (secondary N) is 1. The van der Waals surface area contributed by atoms with Crippen LogP contribution in [0.5, 0.6) is 11.5 Å². The third-order valence-electron chi connectivity index (χ3n) is 2.88. The Bertz CT molecular complexity index is 403. The maximum Gasteiger partial charge on any atom is 0.209 e. The van der Waals surface area contributed by atoms with Crippen molar-refractivity contribution < 1.29 is 18.6 Å². The molecule has 1 heterocycles. The van der Waals surface area contributed by atoms with E-state index in [9.17, 15) is 8.78 Å². The maximum atomic E-state index is 13.5. The van der Waals surface area contributed by atoms with Gasteiger partial charge >= 0.3 is 0 Å². The SMILES string of the molecule is COc1c(C2CCNC2)cc(F)c(O)c1F. The zero-order valence-electron chi connectivity index (χ0n) is 8.89. The summed E-state index contributed by atoms with van der Waals surface area (Å²) in [6.45, 7) is 1.48. The summed E-state index contributed by atoms with van der Waals surface area (Å²) in [5.41, 5.74) is 0.473. The molecule has 0 saturated carbocycles.